The van der Waals surface area contributed by atoms with Gasteiger partial charge >= 0.3 is 11.9 Å². The minimum Gasteiger partial charge on any atom is -0.481 e. The second-order valence-electron chi connectivity index (χ2n) is 25.8. The molecule has 13 amide bonds. The van der Waals surface area contributed by atoms with Gasteiger partial charge < -0.3 is 106 Å². The van der Waals surface area contributed by atoms with Crippen molar-refractivity contribution in [2.24, 2.45) is 17.2 Å². The number of hydrogen-bond acceptors (Lipinski definition) is 20. The summed E-state index contributed by atoms with van der Waals surface area (Å²) in [7, 11) is 1.83. The third-order valence-corrected chi connectivity index (χ3v) is 20.7. The van der Waals surface area contributed by atoms with Crippen LogP contribution in [0.25, 0.3) is 10.9 Å². The maximum absolute atomic E-state index is 15.2. The zero-order valence-electron chi connectivity index (χ0n) is 58.5. The molecular formula is C67H91BrN20O17S2. The van der Waals surface area contributed by atoms with Gasteiger partial charge in [-0.25, -0.2) is 4.98 Å². The maximum atomic E-state index is 15.2. The van der Waals surface area contributed by atoms with E-state index in [1.165, 1.54) is 22.3 Å². The number of nitrogens with zero attached hydrogens (tertiary/aromatic N) is 3. The number of carbonyl (C=O) groups is 15. The molecule has 3 aliphatic rings. The van der Waals surface area contributed by atoms with Gasteiger partial charge in [-0.3, -0.25) is 77.3 Å². The van der Waals surface area contributed by atoms with Crippen LogP contribution in [0.1, 0.15) is 101 Å². The summed E-state index contributed by atoms with van der Waals surface area (Å²) >= 11 is 3.40. The molecule has 3 aliphatic heterocycles. The van der Waals surface area contributed by atoms with Crippen molar-refractivity contribution >= 4 is 143 Å². The number of carbonyl (C=O) groups excluding carboxylic acids is 13. The molecule has 107 heavy (non-hydrogen) atoms. The maximum Gasteiger partial charge on any atom is 0.305 e. The molecule has 40 heteroatoms. The number of amides is 13. The zero-order chi connectivity index (χ0) is 77.9. The summed E-state index contributed by atoms with van der Waals surface area (Å²) in [6, 6.07) is -2.52. The van der Waals surface area contributed by atoms with Crippen molar-refractivity contribution in [3.8, 4) is 0 Å². The first kappa shape index (κ1) is 83.9. The summed E-state index contributed by atoms with van der Waals surface area (Å²) in [4.78, 5) is 222. The van der Waals surface area contributed by atoms with E-state index in [9.17, 15) is 67.7 Å². The summed E-state index contributed by atoms with van der Waals surface area (Å²) in [6.07, 6.45) is 2.89. The van der Waals surface area contributed by atoms with Crippen LogP contribution in [0.4, 0.5) is 0 Å². The molecule has 0 saturated carbocycles. The average Bonchev–Trinajstić information content (AvgIpc) is 1.68. The number of carboxylic acid groups (broad SMARTS) is 2. The zero-order valence-corrected chi connectivity index (χ0v) is 61.8. The number of imidazole rings is 1. The Balaban J connectivity index is 1.23. The molecule has 5 heterocycles. The summed E-state index contributed by atoms with van der Waals surface area (Å²) in [6.45, 7) is 0.522. The number of H-pyrrole nitrogens is 2. The fourth-order valence-corrected chi connectivity index (χ4v) is 14.9. The molecule has 580 valence electrons. The number of aliphatic carboxylic acids is 2. The number of carboxylic acids is 2. The van der Waals surface area contributed by atoms with Gasteiger partial charge in [0.2, 0.25) is 76.8 Å². The Kier molecular flexibility index (Phi) is 32.6. The van der Waals surface area contributed by atoms with Crippen molar-refractivity contribution in [2.75, 3.05) is 44.2 Å². The highest BCUT2D eigenvalue weighted by atomic mass is 79.9. The van der Waals surface area contributed by atoms with E-state index < -0.39 is 187 Å². The number of aromatic amines is 2. The first-order chi connectivity index (χ1) is 51.1. The van der Waals surface area contributed by atoms with Crippen LogP contribution in [-0.2, 0) is 91.2 Å². The Morgan fingerprint density at radius 1 is 0.682 bits per heavy atom. The second-order valence-corrected chi connectivity index (χ2v) is 29.3. The lowest BCUT2D eigenvalue weighted by Gasteiger charge is -2.33. The summed E-state index contributed by atoms with van der Waals surface area (Å²) in [5, 5.41) is 56.2. The van der Waals surface area contributed by atoms with Crippen LogP contribution in [0.3, 0.4) is 0 Å². The summed E-state index contributed by atoms with van der Waals surface area (Å²) in [5.41, 5.74) is 18.6. The third kappa shape index (κ3) is 26.0. The first-order valence-electron chi connectivity index (χ1n) is 34.7. The van der Waals surface area contributed by atoms with Gasteiger partial charge in [-0.1, -0.05) is 67.8 Å². The number of nitrogens with two attached hydrogens (primary N) is 3. The van der Waals surface area contributed by atoms with Crippen molar-refractivity contribution < 1.29 is 82.1 Å². The Hall–Kier alpha value is -10.3. The number of nitrogens with one attached hydrogen (secondary N) is 14. The average molecular weight is 1590 g/mol. The van der Waals surface area contributed by atoms with Crippen LogP contribution in [-0.4, -0.2) is 240 Å². The van der Waals surface area contributed by atoms with Gasteiger partial charge in [-0.15, -0.1) is 0 Å². The van der Waals surface area contributed by atoms with Crippen LogP contribution < -0.4 is 75.7 Å². The van der Waals surface area contributed by atoms with Crippen LogP contribution in [0.5, 0.6) is 0 Å². The van der Waals surface area contributed by atoms with Crippen LogP contribution in [0.15, 0.2) is 71.7 Å². The van der Waals surface area contributed by atoms with Crippen molar-refractivity contribution in [2.45, 2.75) is 170 Å². The molecule has 2 aromatic carbocycles. The molecule has 22 N–H and O–H groups in total. The molecule has 0 unspecified atom stereocenters. The smallest absolute Gasteiger partial charge is 0.305 e. The molecule has 3 fully saturated rings. The predicted molar refractivity (Wildman–Crippen MR) is 393 cm³/mol. The van der Waals surface area contributed by atoms with Gasteiger partial charge in [-0.05, 0) is 100 Å². The predicted octanol–water partition coefficient (Wildman–Crippen LogP) is -3.23. The Morgan fingerprint density at radius 2 is 1.30 bits per heavy atom. The number of benzene rings is 2. The van der Waals surface area contributed by atoms with Gasteiger partial charge in [-0.2, -0.15) is 0 Å². The van der Waals surface area contributed by atoms with Crippen molar-refractivity contribution in [1.29, 1.82) is 5.41 Å². The number of rotatable bonds is 27. The van der Waals surface area contributed by atoms with Crippen molar-refractivity contribution in [3.63, 3.8) is 0 Å². The Morgan fingerprint density at radius 3 is 1.93 bits per heavy atom. The number of unbranched alkanes of at least 4 members (excludes halogenated alkanes) is 1. The molecule has 37 nitrogen and oxygen atoms in total. The monoisotopic (exact) mass is 1590 g/mol. The number of aromatic nitrogens is 3. The lowest BCUT2D eigenvalue weighted by molar-refractivity contribution is -0.148. The molecule has 0 spiro atoms. The topological polar surface area (TPSA) is 582 Å². The van der Waals surface area contributed by atoms with E-state index >= 15 is 14.4 Å². The van der Waals surface area contributed by atoms with Gasteiger partial charge in [0.1, 0.15) is 66.5 Å². The molecule has 4 aromatic rings. The largest absolute Gasteiger partial charge is 0.481 e. The lowest BCUT2D eigenvalue weighted by atomic mass is 10.0. The fourth-order valence-electron chi connectivity index (χ4n) is 12.4. The van der Waals surface area contributed by atoms with Gasteiger partial charge in [0.25, 0.3) is 0 Å². The van der Waals surface area contributed by atoms with E-state index in [0.717, 1.165) is 28.5 Å². The highest BCUT2D eigenvalue weighted by molar-refractivity contribution is 9.10. The van der Waals surface area contributed by atoms with E-state index in [4.69, 9.17) is 22.6 Å². The lowest BCUT2D eigenvalue weighted by Crippen LogP contribution is -2.61. The molecule has 3 saturated heterocycles. The van der Waals surface area contributed by atoms with Crippen molar-refractivity contribution in [1.82, 2.24) is 83.2 Å². The highest BCUT2D eigenvalue weighted by Gasteiger charge is 2.45. The standard InChI is InChI=1S/C67H91BrN20O17S2/c1-35(89)78-49-32-106-107-33-50(65(104)88-24-8-14-52(88)66(105)87-23-7-13-51(87)64(103)82-42(11-4-5-21-69)58(97)83-45(56(70)95)28-55(93)94)79-53(90)31-76-57(96)47(26-37-29-75-41-10-3-2-9-40(37)41)85-59(98)43(12-6-22-74-67(71)72)80-61(100)46(25-36-15-17-38(68)18-16-36)84-62(101)48(27-39-30-73-34-77-39)86-60(99)44(81-63(49)102)19-20-54(91)92/h2-3,9-10,15-18,29-30,34,42-52,75H,4-8,11-14,19-28,31-33,69H2,1H3,(H2,70,95)(H,73,77)(H,76,96)(H,78,89)(H,79,90)(H,80,100)(H,81,102)(H,82,103)(H,83,97)(H,84,101)(H,85,98)(H,86,99)(H,91,92)(H,93,94)(H4,71,72,74)/t42-,43-,44-,45-,46+,47-,48-,49-,50-,51-,52-/m0/s1. The second kappa shape index (κ2) is 41.5. The molecule has 7 rings (SSSR count). The molecule has 0 radical (unpaired) electrons. The van der Waals surface area contributed by atoms with Gasteiger partial charge in [0, 0.05) is 91.5 Å². The highest BCUT2D eigenvalue weighted by Crippen LogP contribution is 2.29. The summed E-state index contributed by atoms with van der Waals surface area (Å²) in [5.74, 6) is -15.6. The molecule has 11 atom stereocenters. The third-order valence-electron chi connectivity index (χ3n) is 17.8. The normalized spacial score (nSPS) is 22.4. The van der Waals surface area contributed by atoms with E-state index in [0.29, 0.717) is 45.8 Å². The number of para-hydroxylation sites is 1. The van der Waals surface area contributed by atoms with Crippen LogP contribution >= 0.6 is 37.5 Å². The van der Waals surface area contributed by atoms with E-state index in [2.05, 4.69) is 89.4 Å². The molecule has 2 aromatic heterocycles. The Bertz CT molecular complexity index is 3870. The van der Waals surface area contributed by atoms with Crippen LogP contribution in [0.2, 0.25) is 0 Å². The van der Waals surface area contributed by atoms with E-state index in [1.54, 1.807) is 54.7 Å². The number of guanidine groups is 1. The number of halogens is 1. The molecule has 0 bridgehead atoms. The first-order valence-corrected chi connectivity index (χ1v) is 38.0. The van der Waals surface area contributed by atoms with E-state index in [-0.39, 0.29) is 101 Å². The molecular weight excluding hydrogens is 1500 g/mol. The number of fused-ring (bicyclic) bond motifs is 1. The fraction of sp³-hybridized carbons (Fsp3) is 0.507. The van der Waals surface area contributed by atoms with E-state index in [1.807, 2.05) is 0 Å². The van der Waals surface area contributed by atoms with Crippen LogP contribution in [0, 0.1) is 5.41 Å². The number of hydrogen-bond donors (Lipinski definition) is 19. The SMILES string of the molecule is CC(=O)N[C@H]1CSSC[C@@H](C(=O)N2CCC[C@H]2C(=O)N2CCC[C@H]2C(=O)N[C@@H](CCCCN)C(=O)N[C@@H](CC(=O)O)C(N)=O)NC(=O)CNC(=O)[C@H](Cc2c[nH]c3ccccc23)NC(=O)[C@H](CCCNC(=N)N)NC(=O)[C@@H](Cc2ccc(Br)cc2)NC(=O)[C@H](Cc2c[nH]cn2)NC(=O)[C@H](CCC(=O)O)NC1=O. The molecule has 0 aliphatic carbocycles. The number of likely N-dealkylation sites (tertiary alicyclic amines) is 2. The Labute approximate surface area is 630 Å². The summed E-state index contributed by atoms with van der Waals surface area (Å²) < 4.78 is 0.667. The van der Waals surface area contributed by atoms with Crippen molar-refractivity contribution in [3.05, 3.63) is 88.5 Å². The quantitative estimate of drug-likeness (QED) is 0.0121. The minimum absolute atomic E-state index is 0.000275. The minimum atomic E-state index is -1.71. The number of primary amides is 1. The van der Waals surface area contributed by atoms with Gasteiger partial charge in [0.15, 0.2) is 5.96 Å². The van der Waals surface area contributed by atoms with Gasteiger partial charge in [0.05, 0.1) is 25.0 Å².